The number of nitrogens with one attached hydrogen (secondary N) is 1. The molecule has 1 fully saturated rings. The highest BCUT2D eigenvalue weighted by Crippen LogP contribution is 2.25. The lowest BCUT2D eigenvalue weighted by atomic mass is 9.96. The van der Waals surface area contributed by atoms with Crippen LogP contribution in [0.3, 0.4) is 0 Å². The number of amides is 1. The summed E-state index contributed by atoms with van der Waals surface area (Å²) in [5, 5.41) is 8.01. The second kappa shape index (κ2) is 6.98. The van der Waals surface area contributed by atoms with Crippen LogP contribution in [0.2, 0.25) is 0 Å². The number of hydrogen-bond acceptors (Lipinski definition) is 3. The molecule has 2 aromatic rings. The third-order valence-electron chi connectivity index (χ3n) is 4.14. The molecule has 3 rings (SSSR count). The molecule has 120 valence electrons. The van der Waals surface area contributed by atoms with Gasteiger partial charge >= 0.3 is 0 Å². The van der Waals surface area contributed by atoms with Gasteiger partial charge in [-0.2, -0.15) is 5.10 Å². The summed E-state index contributed by atoms with van der Waals surface area (Å²) >= 11 is 3.44. The summed E-state index contributed by atoms with van der Waals surface area (Å²) in [5.41, 5.74) is 7.41. The molecule has 2 atom stereocenters. The smallest absolute Gasteiger partial charge is 0.275 e. The van der Waals surface area contributed by atoms with E-state index in [0.29, 0.717) is 5.69 Å². The van der Waals surface area contributed by atoms with E-state index < -0.39 is 0 Å². The Labute approximate surface area is 144 Å². The van der Waals surface area contributed by atoms with Gasteiger partial charge < -0.3 is 10.6 Å². The molecule has 2 heterocycles. The maximum absolute atomic E-state index is 12.9. The summed E-state index contributed by atoms with van der Waals surface area (Å²) in [6.07, 6.45) is 3.12. The molecular formula is C15H20BrClN4O. The number of benzene rings is 1. The van der Waals surface area contributed by atoms with Crippen LogP contribution < -0.4 is 5.73 Å². The summed E-state index contributed by atoms with van der Waals surface area (Å²) < 4.78 is 0.938. The number of rotatable bonds is 2. The summed E-state index contributed by atoms with van der Waals surface area (Å²) in [5.74, 6) is -0.0265. The Morgan fingerprint density at radius 3 is 3.00 bits per heavy atom. The monoisotopic (exact) mass is 386 g/mol. The molecular weight excluding hydrogens is 368 g/mol. The average Bonchev–Trinajstić information content (AvgIpc) is 2.89. The number of likely N-dealkylation sites (tertiary alicyclic amines) is 1. The molecule has 5 nitrogen and oxygen atoms in total. The molecule has 22 heavy (non-hydrogen) atoms. The van der Waals surface area contributed by atoms with Crippen molar-refractivity contribution >= 4 is 45.1 Å². The van der Waals surface area contributed by atoms with Crippen molar-refractivity contribution in [1.82, 2.24) is 15.1 Å². The SMILES string of the molecule is CC(N)C1CCCCN1C(=O)c1n[nH]c2ccc(Br)cc12.Cl. The zero-order valence-electron chi connectivity index (χ0n) is 12.4. The van der Waals surface area contributed by atoms with Crippen LogP contribution in [0, 0.1) is 0 Å². The Hall–Kier alpha value is -1.11. The van der Waals surface area contributed by atoms with E-state index in [2.05, 4.69) is 26.1 Å². The molecule has 2 unspecified atom stereocenters. The van der Waals surface area contributed by atoms with Gasteiger partial charge in [-0.1, -0.05) is 15.9 Å². The lowest BCUT2D eigenvalue weighted by molar-refractivity contribution is 0.0579. The van der Waals surface area contributed by atoms with E-state index in [1.807, 2.05) is 30.0 Å². The third kappa shape index (κ3) is 3.14. The Balaban J connectivity index is 0.00000176. The molecule has 1 aliphatic rings. The number of nitrogens with zero attached hydrogens (tertiary/aromatic N) is 2. The lowest BCUT2D eigenvalue weighted by Gasteiger charge is -2.37. The maximum Gasteiger partial charge on any atom is 0.275 e. The van der Waals surface area contributed by atoms with E-state index in [9.17, 15) is 4.79 Å². The fourth-order valence-electron chi connectivity index (χ4n) is 3.04. The normalized spacial score (nSPS) is 19.8. The number of halogens is 2. The van der Waals surface area contributed by atoms with Gasteiger partial charge in [-0.3, -0.25) is 9.89 Å². The van der Waals surface area contributed by atoms with Crippen LogP contribution in [0.4, 0.5) is 0 Å². The third-order valence-corrected chi connectivity index (χ3v) is 4.64. The predicted molar refractivity (Wildman–Crippen MR) is 93.4 cm³/mol. The Bertz CT molecular complexity index is 673. The van der Waals surface area contributed by atoms with E-state index in [1.165, 1.54) is 0 Å². The second-order valence-corrected chi connectivity index (χ2v) is 6.60. The van der Waals surface area contributed by atoms with Gasteiger partial charge in [0.1, 0.15) is 0 Å². The maximum atomic E-state index is 12.9. The van der Waals surface area contributed by atoms with Gasteiger partial charge in [-0.05, 0) is 44.4 Å². The fraction of sp³-hybridized carbons (Fsp3) is 0.467. The van der Waals surface area contributed by atoms with Crippen LogP contribution in [0.15, 0.2) is 22.7 Å². The molecule has 1 amide bonds. The van der Waals surface area contributed by atoms with E-state index in [-0.39, 0.29) is 30.4 Å². The molecule has 0 bridgehead atoms. The van der Waals surface area contributed by atoms with E-state index in [0.717, 1.165) is 41.2 Å². The number of hydrogen-bond donors (Lipinski definition) is 2. The van der Waals surface area contributed by atoms with Crippen LogP contribution in [-0.4, -0.2) is 39.6 Å². The number of H-pyrrole nitrogens is 1. The molecule has 0 spiro atoms. The summed E-state index contributed by atoms with van der Waals surface area (Å²) in [6.45, 7) is 2.73. The van der Waals surface area contributed by atoms with Gasteiger partial charge in [0.05, 0.1) is 5.52 Å². The quantitative estimate of drug-likeness (QED) is 0.831. The zero-order chi connectivity index (χ0) is 15.0. The van der Waals surface area contributed by atoms with Gasteiger partial charge in [-0.25, -0.2) is 0 Å². The molecule has 7 heteroatoms. The standard InChI is InChI=1S/C15H19BrN4O.ClH/c1-9(17)13-4-2-3-7-20(13)15(21)14-11-8-10(16)5-6-12(11)18-19-14;/h5-6,8-9,13H,2-4,7,17H2,1H3,(H,18,19);1H. The predicted octanol–water partition coefficient (Wildman–Crippen LogP) is 3.09. The van der Waals surface area contributed by atoms with Crippen molar-refractivity contribution in [3.63, 3.8) is 0 Å². The first-order chi connectivity index (χ1) is 10.1. The van der Waals surface area contributed by atoms with E-state index >= 15 is 0 Å². The van der Waals surface area contributed by atoms with Gasteiger partial charge in [-0.15, -0.1) is 12.4 Å². The van der Waals surface area contributed by atoms with Crippen molar-refractivity contribution in [3.8, 4) is 0 Å². The molecule has 0 saturated carbocycles. The highest BCUT2D eigenvalue weighted by Gasteiger charge is 2.31. The Morgan fingerprint density at radius 2 is 2.27 bits per heavy atom. The van der Waals surface area contributed by atoms with Gasteiger partial charge in [0.15, 0.2) is 5.69 Å². The Morgan fingerprint density at radius 1 is 1.50 bits per heavy atom. The molecule has 1 aromatic heterocycles. The average molecular weight is 388 g/mol. The molecule has 0 radical (unpaired) electrons. The first kappa shape index (κ1) is 17.2. The highest BCUT2D eigenvalue weighted by atomic mass is 79.9. The first-order valence-corrected chi connectivity index (χ1v) is 8.07. The van der Waals surface area contributed by atoms with Gasteiger partial charge in [0.2, 0.25) is 0 Å². The van der Waals surface area contributed by atoms with Crippen LogP contribution in [0.5, 0.6) is 0 Å². The van der Waals surface area contributed by atoms with Crippen LogP contribution in [0.25, 0.3) is 10.9 Å². The summed E-state index contributed by atoms with van der Waals surface area (Å²) in [4.78, 5) is 14.8. The van der Waals surface area contributed by atoms with Crippen LogP contribution >= 0.6 is 28.3 Å². The largest absolute Gasteiger partial charge is 0.333 e. The minimum absolute atomic E-state index is 0. The van der Waals surface area contributed by atoms with Crippen LogP contribution in [-0.2, 0) is 0 Å². The van der Waals surface area contributed by atoms with Crippen molar-refractivity contribution in [1.29, 1.82) is 0 Å². The van der Waals surface area contributed by atoms with E-state index in [1.54, 1.807) is 0 Å². The molecule has 1 aromatic carbocycles. The van der Waals surface area contributed by atoms with Crippen molar-refractivity contribution in [3.05, 3.63) is 28.4 Å². The van der Waals surface area contributed by atoms with Crippen molar-refractivity contribution < 1.29 is 4.79 Å². The number of nitrogens with two attached hydrogens (primary N) is 1. The zero-order valence-corrected chi connectivity index (χ0v) is 14.8. The second-order valence-electron chi connectivity index (χ2n) is 5.68. The van der Waals surface area contributed by atoms with Gasteiger partial charge in [0, 0.05) is 28.5 Å². The van der Waals surface area contributed by atoms with Crippen molar-refractivity contribution in [2.75, 3.05) is 6.54 Å². The van der Waals surface area contributed by atoms with Crippen molar-refractivity contribution in [2.45, 2.75) is 38.3 Å². The molecule has 1 aliphatic heterocycles. The number of carbonyl (C=O) groups is 1. The minimum atomic E-state index is -0.0265. The van der Waals surface area contributed by atoms with Crippen LogP contribution in [0.1, 0.15) is 36.7 Å². The highest BCUT2D eigenvalue weighted by molar-refractivity contribution is 9.10. The number of piperidine rings is 1. The minimum Gasteiger partial charge on any atom is -0.333 e. The fourth-order valence-corrected chi connectivity index (χ4v) is 3.40. The topological polar surface area (TPSA) is 75.0 Å². The molecule has 0 aliphatic carbocycles. The summed E-state index contributed by atoms with van der Waals surface area (Å²) in [6, 6.07) is 5.86. The first-order valence-electron chi connectivity index (χ1n) is 7.28. The number of aromatic nitrogens is 2. The summed E-state index contributed by atoms with van der Waals surface area (Å²) in [7, 11) is 0. The van der Waals surface area contributed by atoms with Gasteiger partial charge in [0.25, 0.3) is 5.91 Å². The number of carbonyl (C=O) groups excluding carboxylic acids is 1. The number of aromatic amines is 1. The van der Waals surface area contributed by atoms with Crippen molar-refractivity contribution in [2.24, 2.45) is 5.73 Å². The molecule has 1 saturated heterocycles. The number of fused-ring (bicyclic) bond motifs is 1. The molecule has 3 N–H and O–H groups in total. The van der Waals surface area contributed by atoms with E-state index in [4.69, 9.17) is 5.73 Å². The lowest BCUT2D eigenvalue weighted by Crippen LogP contribution is -2.51. The Kier molecular flexibility index (Phi) is 5.47.